The average molecular weight is 381 g/mol. The van der Waals surface area contributed by atoms with Crippen LogP contribution in [0.25, 0.3) is 11.0 Å². The predicted octanol–water partition coefficient (Wildman–Crippen LogP) is 2.51. The molecule has 0 fully saturated rings. The molecule has 0 aliphatic heterocycles. The lowest BCUT2D eigenvalue weighted by Gasteiger charge is -2.11. The SMILES string of the molecule is CC(C)NC(=O)Nc1ccc(NC(=O)Cn2c(=O)n(C)c3ccccc32)cc1. The van der Waals surface area contributed by atoms with Crippen LogP contribution in [0, 0.1) is 0 Å². The van der Waals surface area contributed by atoms with Gasteiger partial charge in [-0.2, -0.15) is 0 Å². The fraction of sp³-hybridized carbons (Fsp3) is 0.250. The minimum atomic E-state index is -0.309. The molecule has 0 unspecified atom stereocenters. The molecule has 0 spiro atoms. The van der Waals surface area contributed by atoms with Crippen LogP contribution in [0.5, 0.6) is 0 Å². The molecule has 0 saturated heterocycles. The second-order valence-electron chi connectivity index (χ2n) is 6.80. The Labute approximate surface area is 162 Å². The first-order valence-corrected chi connectivity index (χ1v) is 8.97. The summed E-state index contributed by atoms with van der Waals surface area (Å²) in [6.45, 7) is 3.66. The number of nitrogens with one attached hydrogen (secondary N) is 3. The summed E-state index contributed by atoms with van der Waals surface area (Å²) in [7, 11) is 1.68. The average Bonchev–Trinajstić information content (AvgIpc) is 2.88. The van der Waals surface area contributed by atoms with E-state index in [0.717, 1.165) is 5.52 Å². The van der Waals surface area contributed by atoms with Crippen LogP contribution in [0.15, 0.2) is 53.3 Å². The summed E-state index contributed by atoms with van der Waals surface area (Å²) in [5, 5.41) is 8.21. The number of hydrogen-bond donors (Lipinski definition) is 3. The third-order valence-corrected chi connectivity index (χ3v) is 4.20. The van der Waals surface area contributed by atoms with Crippen LogP contribution >= 0.6 is 0 Å². The molecule has 1 aromatic heterocycles. The predicted molar refractivity (Wildman–Crippen MR) is 110 cm³/mol. The number of carbonyl (C=O) groups is 2. The Kier molecular flexibility index (Phi) is 5.49. The van der Waals surface area contributed by atoms with Crippen molar-refractivity contribution < 1.29 is 9.59 Å². The lowest BCUT2D eigenvalue weighted by molar-refractivity contribution is -0.116. The topological polar surface area (TPSA) is 97.2 Å². The van der Waals surface area contributed by atoms with E-state index < -0.39 is 0 Å². The van der Waals surface area contributed by atoms with Crippen molar-refractivity contribution in [3.05, 3.63) is 59.0 Å². The van der Waals surface area contributed by atoms with Crippen LogP contribution < -0.4 is 21.6 Å². The first-order chi connectivity index (χ1) is 13.3. The maximum Gasteiger partial charge on any atom is 0.329 e. The highest BCUT2D eigenvalue weighted by Crippen LogP contribution is 2.15. The second kappa shape index (κ2) is 7.99. The highest BCUT2D eigenvalue weighted by molar-refractivity contribution is 5.93. The Morgan fingerprint density at radius 1 is 0.929 bits per heavy atom. The van der Waals surface area contributed by atoms with E-state index in [0.29, 0.717) is 16.9 Å². The number of benzene rings is 2. The van der Waals surface area contributed by atoms with Crippen molar-refractivity contribution in [2.24, 2.45) is 7.05 Å². The van der Waals surface area contributed by atoms with Gasteiger partial charge in [0.15, 0.2) is 0 Å². The largest absolute Gasteiger partial charge is 0.336 e. The summed E-state index contributed by atoms with van der Waals surface area (Å²) < 4.78 is 2.96. The number of hydrogen-bond acceptors (Lipinski definition) is 3. The van der Waals surface area contributed by atoms with E-state index in [4.69, 9.17) is 0 Å². The van der Waals surface area contributed by atoms with E-state index in [2.05, 4.69) is 16.0 Å². The molecule has 0 aliphatic rings. The van der Waals surface area contributed by atoms with Crippen LogP contribution in [0.3, 0.4) is 0 Å². The number of anilines is 2. The number of fused-ring (bicyclic) bond motifs is 1. The van der Waals surface area contributed by atoms with Crippen LogP contribution in [-0.4, -0.2) is 27.1 Å². The number of para-hydroxylation sites is 2. The first kappa shape index (κ1) is 19.2. The molecular weight excluding hydrogens is 358 g/mol. The monoisotopic (exact) mass is 381 g/mol. The Bertz CT molecular complexity index is 1060. The number of imidazole rings is 1. The smallest absolute Gasteiger partial charge is 0.329 e. The van der Waals surface area contributed by atoms with E-state index in [9.17, 15) is 14.4 Å². The van der Waals surface area contributed by atoms with Crippen LogP contribution in [0.2, 0.25) is 0 Å². The molecule has 3 aromatic rings. The van der Waals surface area contributed by atoms with Gasteiger partial charge >= 0.3 is 11.7 Å². The zero-order valence-corrected chi connectivity index (χ0v) is 16.0. The fourth-order valence-corrected chi connectivity index (χ4v) is 2.93. The third kappa shape index (κ3) is 4.22. The lowest BCUT2D eigenvalue weighted by atomic mass is 10.2. The van der Waals surface area contributed by atoms with Gasteiger partial charge in [0.25, 0.3) is 0 Å². The normalized spacial score (nSPS) is 10.9. The van der Waals surface area contributed by atoms with E-state index in [1.165, 1.54) is 9.13 Å². The second-order valence-corrected chi connectivity index (χ2v) is 6.80. The van der Waals surface area contributed by atoms with E-state index in [-0.39, 0.29) is 30.2 Å². The van der Waals surface area contributed by atoms with E-state index in [1.54, 1.807) is 31.3 Å². The number of carbonyl (C=O) groups excluding carboxylic acids is 2. The number of aryl methyl sites for hydroxylation is 1. The van der Waals surface area contributed by atoms with E-state index >= 15 is 0 Å². The Morgan fingerprint density at radius 2 is 1.50 bits per heavy atom. The number of urea groups is 1. The molecule has 0 aliphatic carbocycles. The minimum Gasteiger partial charge on any atom is -0.336 e. The molecule has 8 heteroatoms. The quantitative estimate of drug-likeness (QED) is 0.633. The minimum absolute atomic E-state index is 0.0380. The summed E-state index contributed by atoms with van der Waals surface area (Å²) in [6, 6.07) is 13.8. The van der Waals surface area contributed by atoms with Crippen molar-refractivity contribution in [2.45, 2.75) is 26.4 Å². The molecule has 146 valence electrons. The third-order valence-electron chi connectivity index (χ3n) is 4.20. The fourth-order valence-electron chi connectivity index (χ4n) is 2.93. The van der Waals surface area contributed by atoms with Crippen molar-refractivity contribution >= 4 is 34.3 Å². The zero-order chi connectivity index (χ0) is 20.3. The van der Waals surface area contributed by atoms with Crippen molar-refractivity contribution in [1.82, 2.24) is 14.5 Å². The van der Waals surface area contributed by atoms with Gasteiger partial charge in [0, 0.05) is 24.5 Å². The van der Waals surface area contributed by atoms with Gasteiger partial charge in [-0.1, -0.05) is 12.1 Å². The maximum atomic E-state index is 12.4. The number of nitrogens with zero attached hydrogens (tertiary/aromatic N) is 2. The Hall–Kier alpha value is -3.55. The van der Waals surface area contributed by atoms with Crippen molar-refractivity contribution in [3.8, 4) is 0 Å². The van der Waals surface area contributed by atoms with Gasteiger partial charge in [0.1, 0.15) is 6.54 Å². The van der Waals surface area contributed by atoms with Crippen molar-refractivity contribution in [2.75, 3.05) is 10.6 Å². The molecular formula is C20H23N5O3. The molecule has 0 saturated carbocycles. The van der Waals surface area contributed by atoms with Crippen LogP contribution in [0.4, 0.5) is 16.2 Å². The summed E-state index contributed by atoms with van der Waals surface area (Å²) in [5.74, 6) is -0.309. The molecule has 28 heavy (non-hydrogen) atoms. The molecule has 3 rings (SSSR count). The molecule has 1 heterocycles. The van der Waals surface area contributed by atoms with Gasteiger partial charge in [-0.3, -0.25) is 13.9 Å². The molecule has 2 aromatic carbocycles. The van der Waals surface area contributed by atoms with Gasteiger partial charge in [-0.05, 0) is 50.2 Å². The standard InChI is InChI=1S/C20H23N5O3/c1-13(2)21-19(27)23-15-10-8-14(9-11-15)22-18(26)12-25-17-7-5-4-6-16(17)24(3)20(25)28/h4-11,13H,12H2,1-3H3,(H,22,26)(H2,21,23,27). The Morgan fingerprint density at radius 3 is 2.11 bits per heavy atom. The van der Waals surface area contributed by atoms with Crippen molar-refractivity contribution in [1.29, 1.82) is 0 Å². The molecule has 3 amide bonds. The molecule has 3 N–H and O–H groups in total. The molecule has 0 atom stereocenters. The summed E-state index contributed by atoms with van der Waals surface area (Å²) >= 11 is 0. The summed E-state index contributed by atoms with van der Waals surface area (Å²) in [6.07, 6.45) is 0. The van der Waals surface area contributed by atoms with Gasteiger partial charge < -0.3 is 16.0 Å². The van der Waals surface area contributed by atoms with Gasteiger partial charge in [-0.15, -0.1) is 0 Å². The number of amides is 3. The highest BCUT2D eigenvalue weighted by atomic mass is 16.2. The maximum absolute atomic E-state index is 12.4. The molecule has 8 nitrogen and oxygen atoms in total. The van der Waals surface area contributed by atoms with Gasteiger partial charge in [-0.25, -0.2) is 9.59 Å². The van der Waals surface area contributed by atoms with E-state index in [1.807, 2.05) is 38.1 Å². The highest BCUT2D eigenvalue weighted by Gasteiger charge is 2.13. The van der Waals surface area contributed by atoms with Crippen molar-refractivity contribution in [3.63, 3.8) is 0 Å². The van der Waals surface area contributed by atoms with Gasteiger partial charge in [0.05, 0.1) is 11.0 Å². The summed E-state index contributed by atoms with van der Waals surface area (Å²) in [4.78, 5) is 36.5. The van der Waals surface area contributed by atoms with Crippen LogP contribution in [-0.2, 0) is 18.4 Å². The number of aromatic nitrogens is 2. The summed E-state index contributed by atoms with van der Waals surface area (Å²) in [5.41, 5.74) is 2.43. The molecule has 0 bridgehead atoms. The Balaban J connectivity index is 1.67. The van der Waals surface area contributed by atoms with Crippen LogP contribution in [0.1, 0.15) is 13.8 Å². The molecule has 0 radical (unpaired) electrons. The first-order valence-electron chi connectivity index (χ1n) is 8.97. The number of rotatable bonds is 5. The van der Waals surface area contributed by atoms with Gasteiger partial charge in [0.2, 0.25) is 5.91 Å². The zero-order valence-electron chi connectivity index (χ0n) is 16.0. The lowest BCUT2D eigenvalue weighted by Crippen LogP contribution is -2.34.